The van der Waals surface area contributed by atoms with Gasteiger partial charge in [0, 0.05) is 60.5 Å². The quantitative estimate of drug-likeness (QED) is 0.157. The van der Waals surface area contributed by atoms with Gasteiger partial charge < -0.3 is 13.7 Å². The van der Waals surface area contributed by atoms with Gasteiger partial charge in [0.05, 0.1) is 44.5 Å². The second kappa shape index (κ2) is 15.7. The van der Waals surface area contributed by atoms with Gasteiger partial charge in [0.25, 0.3) is 0 Å². The summed E-state index contributed by atoms with van der Waals surface area (Å²) < 4.78 is 7.10. The molecule has 0 fully saturated rings. The van der Waals surface area contributed by atoms with Gasteiger partial charge in [-0.3, -0.25) is 0 Å². The average molecular weight is 879 g/mol. The maximum Gasteiger partial charge on any atom is 0.0715 e. The lowest BCUT2D eigenvalue weighted by Crippen LogP contribution is -1.96. The van der Waals surface area contributed by atoms with Crippen molar-refractivity contribution in [3.8, 4) is 61.8 Å². The third kappa shape index (κ3) is 6.34. The number of pyridine rings is 1. The van der Waals surface area contributed by atoms with Gasteiger partial charge in [-0.1, -0.05) is 164 Å². The molecule has 14 aromatic rings. The van der Waals surface area contributed by atoms with Crippen molar-refractivity contribution in [1.82, 2.24) is 18.7 Å². The Bertz CT molecular complexity index is 3950. The van der Waals surface area contributed by atoms with Crippen LogP contribution < -0.4 is 0 Å². The molecule has 0 unspecified atom stereocenters. The lowest BCUT2D eigenvalue weighted by molar-refractivity contribution is 1.18. The zero-order valence-electron chi connectivity index (χ0n) is 37.5. The van der Waals surface area contributed by atoms with Crippen molar-refractivity contribution in [2.45, 2.75) is 0 Å². The van der Waals surface area contributed by atoms with Gasteiger partial charge in [-0.2, -0.15) is 0 Å². The Kier molecular flexibility index (Phi) is 8.86. The van der Waals surface area contributed by atoms with Crippen molar-refractivity contribution in [1.29, 1.82) is 0 Å². The summed E-state index contributed by atoms with van der Waals surface area (Å²) in [7, 11) is 0. The summed E-state index contributed by atoms with van der Waals surface area (Å²) in [5, 5.41) is 7.53. The molecule has 69 heavy (non-hydrogen) atoms. The van der Waals surface area contributed by atoms with Crippen LogP contribution in [0.3, 0.4) is 0 Å². The normalized spacial score (nSPS) is 11.8. The second-order valence-corrected chi connectivity index (χ2v) is 18.0. The van der Waals surface area contributed by atoms with E-state index < -0.39 is 0 Å². The molecule has 0 saturated carbocycles. The number of aromatic nitrogens is 4. The summed E-state index contributed by atoms with van der Waals surface area (Å²) in [6, 6.07) is 92.2. The van der Waals surface area contributed by atoms with Crippen LogP contribution in [0.2, 0.25) is 0 Å². The lowest BCUT2D eigenvalue weighted by atomic mass is 9.96. The molecule has 4 nitrogen and oxygen atoms in total. The summed E-state index contributed by atoms with van der Waals surface area (Å²) in [4.78, 5) is 5.43. The molecule has 0 spiro atoms. The smallest absolute Gasteiger partial charge is 0.0715 e. The maximum atomic E-state index is 5.43. The van der Waals surface area contributed by atoms with Crippen LogP contribution in [0.5, 0.6) is 0 Å². The topological polar surface area (TPSA) is 27.7 Å². The number of benzene rings is 10. The highest BCUT2D eigenvalue weighted by atomic mass is 15.0. The molecule has 0 aliphatic carbocycles. The summed E-state index contributed by atoms with van der Waals surface area (Å²) in [5.74, 6) is 0. The van der Waals surface area contributed by atoms with Crippen LogP contribution in [0.1, 0.15) is 0 Å². The van der Waals surface area contributed by atoms with E-state index in [0.29, 0.717) is 0 Å². The van der Waals surface area contributed by atoms with Crippen LogP contribution in [0.15, 0.2) is 255 Å². The molecule has 4 heterocycles. The number of fused-ring (bicyclic) bond motifs is 9. The summed E-state index contributed by atoms with van der Waals surface area (Å²) in [6.45, 7) is 0. The molecule has 0 aliphatic heterocycles. The number of rotatable bonds is 7. The molecule has 0 radical (unpaired) electrons. The second-order valence-electron chi connectivity index (χ2n) is 18.0. The summed E-state index contributed by atoms with van der Waals surface area (Å²) >= 11 is 0. The number of nitrogens with zero attached hydrogens (tertiary/aromatic N) is 4. The van der Waals surface area contributed by atoms with Gasteiger partial charge in [-0.25, -0.2) is 4.98 Å². The Morgan fingerprint density at radius 1 is 0.203 bits per heavy atom. The molecular formula is C65H42N4. The van der Waals surface area contributed by atoms with Crippen molar-refractivity contribution in [3.05, 3.63) is 255 Å². The van der Waals surface area contributed by atoms with Crippen LogP contribution >= 0.6 is 0 Å². The number of hydrogen-bond acceptors (Lipinski definition) is 1. The van der Waals surface area contributed by atoms with Crippen molar-refractivity contribution in [2.24, 2.45) is 0 Å². The molecule has 322 valence electrons. The van der Waals surface area contributed by atoms with Gasteiger partial charge >= 0.3 is 0 Å². The fourth-order valence-corrected chi connectivity index (χ4v) is 10.8. The first kappa shape index (κ1) is 39.0. The van der Waals surface area contributed by atoms with E-state index in [9.17, 15) is 0 Å². The van der Waals surface area contributed by atoms with Crippen molar-refractivity contribution >= 4 is 65.4 Å². The molecule has 4 heteroatoms. The van der Waals surface area contributed by atoms with E-state index in [4.69, 9.17) is 4.98 Å². The molecule has 0 N–H and O–H groups in total. The Hall–Kier alpha value is -9.25. The molecule has 0 amide bonds. The van der Waals surface area contributed by atoms with Crippen LogP contribution in [0, 0.1) is 0 Å². The molecular weight excluding hydrogens is 837 g/mol. The maximum absolute atomic E-state index is 5.43. The van der Waals surface area contributed by atoms with Gasteiger partial charge in [-0.05, 0) is 113 Å². The zero-order valence-corrected chi connectivity index (χ0v) is 37.5. The van der Waals surface area contributed by atoms with Crippen molar-refractivity contribution < 1.29 is 0 Å². The first-order valence-corrected chi connectivity index (χ1v) is 23.6. The SMILES string of the molecule is c1cc(-c2ccc(-n3c4ccccc4c4ccccc43)cc2)cc(-c2cc(-c3ccc(-n4c5ccccc5c5ccccc54)cc3)nc(-c3ccc(-n4c5ccccc5c5ccccc54)cc3)c2)c1. The van der Waals surface area contributed by atoms with Gasteiger partial charge in [-0.15, -0.1) is 0 Å². The van der Waals surface area contributed by atoms with Crippen LogP contribution in [0.25, 0.3) is 127 Å². The minimum Gasteiger partial charge on any atom is -0.309 e. The molecule has 0 bridgehead atoms. The molecule has 0 aliphatic rings. The van der Waals surface area contributed by atoms with Crippen LogP contribution in [0.4, 0.5) is 0 Å². The Balaban J connectivity index is 0.868. The standard InChI is InChI=1S/C65H42N4/c1-7-22-60-52(16-1)53-17-2-8-23-61(53)67(60)49-34-28-43(29-35-49)46-14-13-15-47(40-46)48-41-58(44-30-36-50(37-31-44)68-62-24-9-3-18-54(62)55-19-4-10-25-63(55)68)66-59(42-48)45-32-38-51(39-33-45)69-64-26-11-5-20-56(64)57-21-6-12-27-65(57)69/h1-42H. The highest BCUT2D eigenvalue weighted by molar-refractivity contribution is 6.11. The first-order chi connectivity index (χ1) is 34.2. The largest absolute Gasteiger partial charge is 0.309 e. The van der Waals surface area contributed by atoms with E-state index in [0.717, 1.165) is 61.8 Å². The molecule has 0 atom stereocenters. The minimum atomic E-state index is 0.920. The third-order valence-corrected chi connectivity index (χ3v) is 14.1. The van der Waals surface area contributed by atoms with Gasteiger partial charge in [0.2, 0.25) is 0 Å². The first-order valence-electron chi connectivity index (χ1n) is 23.6. The highest BCUT2D eigenvalue weighted by Gasteiger charge is 2.17. The predicted octanol–water partition coefficient (Wildman–Crippen LogP) is 17.0. The zero-order chi connectivity index (χ0) is 45.4. The Morgan fingerprint density at radius 2 is 0.478 bits per heavy atom. The van der Waals surface area contributed by atoms with E-state index in [-0.39, 0.29) is 0 Å². The van der Waals surface area contributed by atoms with Gasteiger partial charge in [0.15, 0.2) is 0 Å². The fraction of sp³-hybridized carbons (Fsp3) is 0. The fourth-order valence-electron chi connectivity index (χ4n) is 10.8. The van der Waals surface area contributed by atoms with Crippen molar-refractivity contribution in [2.75, 3.05) is 0 Å². The van der Waals surface area contributed by atoms with E-state index in [2.05, 4.69) is 268 Å². The van der Waals surface area contributed by atoms with E-state index >= 15 is 0 Å². The summed E-state index contributed by atoms with van der Waals surface area (Å²) in [6.07, 6.45) is 0. The molecule has 14 rings (SSSR count). The van der Waals surface area contributed by atoms with E-state index in [1.807, 2.05) is 0 Å². The Labute approximate surface area is 398 Å². The highest BCUT2D eigenvalue weighted by Crippen LogP contribution is 2.38. The van der Waals surface area contributed by atoms with E-state index in [1.54, 1.807) is 0 Å². The average Bonchev–Trinajstić information content (AvgIpc) is 4.07. The van der Waals surface area contributed by atoms with Crippen LogP contribution in [-0.2, 0) is 0 Å². The minimum absolute atomic E-state index is 0.920. The predicted molar refractivity (Wildman–Crippen MR) is 289 cm³/mol. The summed E-state index contributed by atoms with van der Waals surface area (Å²) in [5.41, 5.74) is 19.1. The molecule has 0 saturated heterocycles. The molecule has 4 aromatic heterocycles. The monoisotopic (exact) mass is 878 g/mol. The van der Waals surface area contributed by atoms with E-state index in [1.165, 1.54) is 65.4 Å². The van der Waals surface area contributed by atoms with Gasteiger partial charge in [0.1, 0.15) is 0 Å². The van der Waals surface area contributed by atoms with Crippen LogP contribution in [-0.4, -0.2) is 18.7 Å². The third-order valence-electron chi connectivity index (χ3n) is 14.1. The molecule has 10 aromatic carbocycles. The number of para-hydroxylation sites is 6. The number of hydrogen-bond donors (Lipinski definition) is 0. The Morgan fingerprint density at radius 3 is 0.797 bits per heavy atom. The lowest BCUT2D eigenvalue weighted by Gasteiger charge is -2.14. The van der Waals surface area contributed by atoms with Crippen molar-refractivity contribution in [3.63, 3.8) is 0 Å².